The van der Waals surface area contributed by atoms with Crippen LogP contribution < -0.4 is 5.32 Å². The second-order valence-corrected chi connectivity index (χ2v) is 4.08. The van der Waals surface area contributed by atoms with E-state index in [9.17, 15) is 0 Å². The van der Waals surface area contributed by atoms with E-state index >= 15 is 0 Å². The second kappa shape index (κ2) is 5.79. The van der Waals surface area contributed by atoms with Crippen LogP contribution in [0.25, 0.3) is 0 Å². The van der Waals surface area contributed by atoms with Gasteiger partial charge in [0.05, 0.1) is 12.2 Å². The molecular weight excluding hydrogens is 186 g/mol. The van der Waals surface area contributed by atoms with Crippen molar-refractivity contribution in [3.63, 3.8) is 0 Å². The standard InChI is InChI=1S/C12H23N3/c1-5-10(4)15-12(8-9-13-15)14-11(6-2)7-3/h8-11,14H,5-7H2,1-4H3. The third-order valence-electron chi connectivity index (χ3n) is 3.02. The molecule has 0 aliphatic carbocycles. The average Bonchev–Trinajstić information content (AvgIpc) is 2.72. The SMILES string of the molecule is CCC(CC)Nc1ccnn1C(C)CC. The van der Waals surface area contributed by atoms with Gasteiger partial charge in [-0.15, -0.1) is 0 Å². The first-order valence-corrected chi connectivity index (χ1v) is 6.02. The fraction of sp³-hybridized carbons (Fsp3) is 0.750. The Hall–Kier alpha value is -0.990. The van der Waals surface area contributed by atoms with Gasteiger partial charge in [0.1, 0.15) is 5.82 Å². The fourth-order valence-electron chi connectivity index (χ4n) is 1.65. The molecule has 1 aromatic heterocycles. The van der Waals surface area contributed by atoms with Gasteiger partial charge < -0.3 is 5.32 Å². The molecule has 0 saturated heterocycles. The van der Waals surface area contributed by atoms with E-state index < -0.39 is 0 Å². The molecule has 0 aliphatic heterocycles. The molecular formula is C12H23N3. The summed E-state index contributed by atoms with van der Waals surface area (Å²) in [6.45, 7) is 8.81. The van der Waals surface area contributed by atoms with Gasteiger partial charge in [-0.2, -0.15) is 5.10 Å². The van der Waals surface area contributed by atoms with Crippen LogP contribution in [0.1, 0.15) is 53.0 Å². The molecule has 0 spiro atoms. The first-order chi connectivity index (χ1) is 7.22. The Bertz CT molecular complexity index is 276. The summed E-state index contributed by atoms with van der Waals surface area (Å²) < 4.78 is 2.08. The summed E-state index contributed by atoms with van der Waals surface area (Å²) in [7, 11) is 0. The highest BCUT2D eigenvalue weighted by molar-refractivity contribution is 5.35. The first kappa shape index (κ1) is 12.1. The lowest BCUT2D eigenvalue weighted by molar-refractivity contribution is 0.479. The molecule has 1 atom stereocenters. The van der Waals surface area contributed by atoms with Gasteiger partial charge in [0, 0.05) is 12.1 Å². The summed E-state index contributed by atoms with van der Waals surface area (Å²) in [6, 6.07) is 3.09. The van der Waals surface area contributed by atoms with Gasteiger partial charge >= 0.3 is 0 Å². The molecule has 15 heavy (non-hydrogen) atoms. The van der Waals surface area contributed by atoms with Crippen LogP contribution in [0, 0.1) is 0 Å². The zero-order valence-electron chi connectivity index (χ0n) is 10.3. The van der Waals surface area contributed by atoms with Gasteiger partial charge in [-0.05, 0) is 26.2 Å². The van der Waals surface area contributed by atoms with Crippen LogP contribution in [0.5, 0.6) is 0 Å². The maximum atomic E-state index is 4.36. The lowest BCUT2D eigenvalue weighted by Gasteiger charge is -2.19. The van der Waals surface area contributed by atoms with Crippen molar-refractivity contribution in [1.82, 2.24) is 9.78 Å². The minimum atomic E-state index is 0.469. The zero-order valence-corrected chi connectivity index (χ0v) is 10.3. The van der Waals surface area contributed by atoms with Crippen molar-refractivity contribution in [3.8, 4) is 0 Å². The smallest absolute Gasteiger partial charge is 0.124 e. The monoisotopic (exact) mass is 209 g/mol. The minimum Gasteiger partial charge on any atom is -0.368 e. The van der Waals surface area contributed by atoms with E-state index in [0.29, 0.717) is 12.1 Å². The summed E-state index contributed by atoms with van der Waals surface area (Å²) in [4.78, 5) is 0. The largest absolute Gasteiger partial charge is 0.368 e. The van der Waals surface area contributed by atoms with E-state index in [1.54, 1.807) is 0 Å². The van der Waals surface area contributed by atoms with E-state index in [1.165, 1.54) is 0 Å². The van der Waals surface area contributed by atoms with E-state index in [4.69, 9.17) is 0 Å². The van der Waals surface area contributed by atoms with Crippen molar-refractivity contribution in [2.24, 2.45) is 0 Å². The van der Waals surface area contributed by atoms with Crippen LogP contribution in [0.2, 0.25) is 0 Å². The van der Waals surface area contributed by atoms with Crippen molar-refractivity contribution >= 4 is 5.82 Å². The molecule has 1 unspecified atom stereocenters. The molecule has 0 fully saturated rings. The molecule has 3 heteroatoms. The maximum Gasteiger partial charge on any atom is 0.124 e. The third-order valence-corrected chi connectivity index (χ3v) is 3.02. The summed E-state index contributed by atoms with van der Waals surface area (Å²) in [5, 5.41) is 7.91. The van der Waals surface area contributed by atoms with Gasteiger partial charge in [0.15, 0.2) is 0 Å². The molecule has 1 aromatic rings. The lowest BCUT2D eigenvalue weighted by Crippen LogP contribution is -2.20. The molecule has 0 bridgehead atoms. The van der Waals surface area contributed by atoms with Gasteiger partial charge in [0.2, 0.25) is 0 Å². The van der Waals surface area contributed by atoms with Crippen molar-refractivity contribution in [1.29, 1.82) is 0 Å². The molecule has 1 N–H and O–H groups in total. The van der Waals surface area contributed by atoms with Crippen molar-refractivity contribution in [2.75, 3.05) is 5.32 Å². The summed E-state index contributed by atoms with van der Waals surface area (Å²) in [5.41, 5.74) is 0. The van der Waals surface area contributed by atoms with E-state index in [0.717, 1.165) is 25.1 Å². The summed E-state index contributed by atoms with van der Waals surface area (Å²) in [6.07, 6.45) is 5.29. The molecule has 0 aliphatic rings. The molecule has 0 saturated carbocycles. The number of nitrogens with zero attached hydrogens (tertiary/aromatic N) is 2. The topological polar surface area (TPSA) is 29.9 Å². The summed E-state index contributed by atoms with van der Waals surface area (Å²) in [5.74, 6) is 1.15. The van der Waals surface area contributed by atoms with Crippen LogP contribution in [0.15, 0.2) is 12.3 Å². The molecule has 1 rings (SSSR count). The maximum absolute atomic E-state index is 4.36. The highest BCUT2D eigenvalue weighted by Gasteiger charge is 2.10. The Labute approximate surface area is 92.9 Å². The predicted molar refractivity (Wildman–Crippen MR) is 65.2 cm³/mol. The third kappa shape index (κ3) is 2.98. The van der Waals surface area contributed by atoms with Gasteiger partial charge in [-0.3, -0.25) is 0 Å². The molecule has 86 valence electrons. The van der Waals surface area contributed by atoms with Gasteiger partial charge in [0.25, 0.3) is 0 Å². The number of anilines is 1. The highest BCUT2D eigenvalue weighted by Crippen LogP contribution is 2.18. The first-order valence-electron chi connectivity index (χ1n) is 6.02. The molecule has 0 radical (unpaired) electrons. The highest BCUT2D eigenvalue weighted by atomic mass is 15.3. The summed E-state index contributed by atoms with van der Waals surface area (Å²) >= 11 is 0. The Morgan fingerprint density at radius 2 is 1.93 bits per heavy atom. The second-order valence-electron chi connectivity index (χ2n) is 4.08. The Balaban J connectivity index is 2.72. The molecule has 1 heterocycles. The molecule has 3 nitrogen and oxygen atoms in total. The Kier molecular flexibility index (Phi) is 4.66. The van der Waals surface area contributed by atoms with Crippen molar-refractivity contribution < 1.29 is 0 Å². The average molecular weight is 209 g/mol. The fourth-order valence-corrected chi connectivity index (χ4v) is 1.65. The number of hydrogen-bond donors (Lipinski definition) is 1. The van der Waals surface area contributed by atoms with Crippen LogP contribution in [-0.4, -0.2) is 15.8 Å². The number of rotatable bonds is 6. The molecule has 0 aromatic carbocycles. The minimum absolute atomic E-state index is 0.469. The lowest BCUT2D eigenvalue weighted by atomic mass is 10.2. The Morgan fingerprint density at radius 1 is 1.27 bits per heavy atom. The van der Waals surface area contributed by atoms with Gasteiger partial charge in [-0.1, -0.05) is 20.8 Å². The van der Waals surface area contributed by atoms with Crippen molar-refractivity contribution in [2.45, 2.75) is 59.0 Å². The zero-order chi connectivity index (χ0) is 11.3. The number of aromatic nitrogens is 2. The number of hydrogen-bond acceptors (Lipinski definition) is 2. The molecule has 0 amide bonds. The number of nitrogens with one attached hydrogen (secondary N) is 1. The van der Waals surface area contributed by atoms with Gasteiger partial charge in [-0.25, -0.2) is 4.68 Å². The van der Waals surface area contributed by atoms with Crippen LogP contribution in [0.4, 0.5) is 5.82 Å². The Morgan fingerprint density at radius 3 is 2.47 bits per heavy atom. The van der Waals surface area contributed by atoms with Crippen LogP contribution >= 0.6 is 0 Å². The normalized spacial score (nSPS) is 13.1. The van der Waals surface area contributed by atoms with Crippen LogP contribution in [0.3, 0.4) is 0 Å². The van der Waals surface area contributed by atoms with Crippen molar-refractivity contribution in [3.05, 3.63) is 12.3 Å². The van der Waals surface area contributed by atoms with Crippen LogP contribution in [-0.2, 0) is 0 Å². The quantitative estimate of drug-likeness (QED) is 0.777. The van der Waals surface area contributed by atoms with E-state index in [1.807, 2.05) is 6.20 Å². The predicted octanol–water partition coefficient (Wildman–Crippen LogP) is 3.45. The van der Waals surface area contributed by atoms with E-state index in [-0.39, 0.29) is 0 Å². The van der Waals surface area contributed by atoms with E-state index in [2.05, 4.69) is 48.9 Å².